The Morgan fingerprint density at radius 2 is 1.62 bits per heavy atom. The number of hydrogen-bond donors (Lipinski definition) is 1. The van der Waals surface area contributed by atoms with Gasteiger partial charge in [0.2, 0.25) is 0 Å². The molecular formula is C32H26N4O2S. The van der Waals surface area contributed by atoms with E-state index in [0.717, 1.165) is 57.1 Å². The van der Waals surface area contributed by atoms with E-state index in [9.17, 15) is 4.79 Å². The summed E-state index contributed by atoms with van der Waals surface area (Å²) >= 11 is 1.14. The third-order valence-electron chi connectivity index (χ3n) is 6.63. The average Bonchev–Trinajstić information content (AvgIpc) is 3.58. The van der Waals surface area contributed by atoms with Gasteiger partial charge in [-0.1, -0.05) is 72.8 Å². The van der Waals surface area contributed by atoms with Crippen molar-refractivity contribution < 1.29 is 9.53 Å². The molecule has 1 fully saturated rings. The van der Waals surface area contributed by atoms with E-state index in [2.05, 4.69) is 76.0 Å². The van der Waals surface area contributed by atoms with E-state index in [-0.39, 0.29) is 11.3 Å². The molecule has 6 rings (SSSR count). The number of carbonyl (C=O) groups excluding carboxylic acids is 1. The number of nitrogens with one attached hydrogen (secondary N) is 1. The van der Waals surface area contributed by atoms with E-state index in [0.29, 0.717) is 5.84 Å². The number of thioether (sulfide) groups is 1. The molecule has 0 saturated carbocycles. The van der Waals surface area contributed by atoms with Crippen LogP contribution in [-0.4, -0.2) is 23.9 Å². The van der Waals surface area contributed by atoms with Crippen molar-refractivity contribution in [1.82, 2.24) is 5.32 Å². The number of anilines is 1. The fraction of sp³-hybridized carbons (Fsp3) is 0.0938. The molecule has 6 nitrogen and oxygen atoms in total. The molecule has 4 aromatic carbocycles. The number of aliphatic imine (C=N–C) groups is 1. The van der Waals surface area contributed by atoms with E-state index in [1.807, 2.05) is 54.6 Å². The van der Waals surface area contributed by atoms with Gasteiger partial charge in [-0.3, -0.25) is 9.80 Å². The number of amidine groups is 1. The highest BCUT2D eigenvalue weighted by atomic mass is 32.2. The lowest BCUT2D eigenvalue weighted by molar-refractivity contribution is 0.265. The van der Waals surface area contributed by atoms with E-state index in [1.54, 1.807) is 7.11 Å². The lowest BCUT2D eigenvalue weighted by Gasteiger charge is -2.24. The summed E-state index contributed by atoms with van der Waals surface area (Å²) < 4.78 is 5.22. The van der Waals surface area contributed by atoms with Crippen LogP contribution in [0.3, 0.4) is 0 Å². The Morgan fingerprint density at radius 3 is 2.31 bits per heavy atom. The Morgan fingerprint density at radius 1 is 0.923 bits per heavy atom. The van der Waals surface area contributed by atoms with Gasteiger partial charge in [0.05, 0.1) is 35.1 Å². The monoisotopic (exact) mass is 530 g/mol. The fourth-order valence-corrected chi connectivity index (χ4v) is 5.40. The predicted molar refractivity (Wildman–Crippen MR) is 160 cm³/mol. The maximum atomic E-state index is 12.2. The SMILES string of the molecule is COc1ccc(N=C2NC(=O)S/C2=C\c2ccc(N3N=C(c4ccccc4)CC3c3ccccc3)cc2)cc1. The fourth-order valence-electron chi connectivity index (χ4n) is 4.66. The smallest absolute Gasteiger partial charge is 0.289 e. The van der Waals surface area contributed by atoms with Crippen LogP contribution in [0.5, 0.6) is 5.75 Å². The minimum atomic E-state index is -0.143. The highest BCUT2D eigenvalue weighted by Gasteiger charge is 2.30. The minimum Gasteiger partial charge on any atom is -0.497 e. The zero-order valence-electron chi connectivity index (χ0n) is 21.3. The average molecular weight is 531 g/mol. The number of ether oxygens (including phenoxy) is 1. The maximum Gasteiger partial charge on any atom is 0.289 e. The third-order valence-corrected chi connectivity index (χ3v) is 7.45. The summed E-state index contributed by atoms with van der Waals surface area (Å²) in [6, 6.07) is 36.6. The van der Waals surface area contributed by atoms with Gasteiger partial charge in [0.15, 0.2) is 0 Å². The van der Waals surface area contributed by atoms with Gasteiger partial charge in [0.1, 0.15) is 11.6 Å². The molecule has 2 aliphatic heterocycles. The molecular weight excluding hydrogens is 504 g/mol. The van der Waals surface area contributed by atoms with E-state index >= 15 is 0 Å². The van der Waals surface area contributed by atoms with Crippen molar-refractivity contribution in [3.63, 3.8) is 0 Å². The van der Waals surface area contributed by atoms with Gasteiger partial charge in [0.25, 0.3) is 5.24 Å². The van der Waals surface area contributed by atoms with Crippen LogP contribution in [0.25, 0.3) is 6.08 Å². The third kappa shape index (κ3) is 5.49. The molecule has 0 aliphatic carbocycles. The molecule has 0 bridgehead atoms. The molecule has 1 unspecified atom stereocenters. The number of rotatable bonds is 6. The lowest BCUT2D eigenvalue weighted by Crippen LogP contribution is -2.18. The van der Waals surface area contributed by atoms with Crippen LogP contribution in [0.1, 0.15) is 29.2 Å². The van der Waals surface area contributed by atoms with Gasteiger partial charge < -0.3 is 10.1 Å². The van der Waals surface area contributed by atoms with Crippen LogP contribution in [-0.2, 0) is 0 Å². The zero-order chi connectivity index (χ0) is 26.6. The van der Waals surface area contributed by atoms with Crippen molar-refractivity contribution in [3.05, 3.63) is 131 Å². The van der Waals surface area contributed by atoms with Crippen LogP contribution in [0.15, 0.2) is 124 Å². The second-order valence-corrected chi connectivity index (χ2v) is 10.2. The van der Waals surface area contributed by atoms with Gasteiger partial charge in [-0.25, -0.2) is 4.99 Å². The van der Waals surface area contributed by atoms with Crippen molar-refractivity contribution in [1.29, 1.82) is 0 Å². The van der Waals surface area contributed by atoms with Gasteiger partial charge >= 0.3 is 0 Å². The number of carbonyl (C=O) groups is 1. The highest BCUT2D eigenvalue weighted by molar-refractivity contribution is 8.18. The number of hydrazone groups is 1. The highest BCUT2D eigenvalue weighted by Crippen LogP contribution is 2.37. The first kappa shape index (κ1) is 24.7. The van der Waals surface area contributed by atoms with Gasteiger partial charge in [-0.15, -0.1) is 0 Å². The molecule has 0 radical (unpaired) electrons. The summed E-state index contributed by atoms with van der Waals surface area (Å²) in [5.41, 5.74) is 6.16. The molecule has 1 atom stereocenters. The van der Waals surface area contributed by atoms with Crippen LogP contribution < -0.4 is 15.1 Å². The summed E-state index contributed by atoms with van der Waals surface area (Å²) in [7, 11) is 1.63. The van der Waals surface area contributed by atoms with E-state index < -0.39 is 0 Å². The van der Waals surface area contributed by atoms with Crippen LogP contribution in [0.4, 0.5) is 16.2 Å². The Hall–Kier alpha value is -4.62. The first-order chi connectivity index (χ1) is 19.2. The molecule has 4 aromatic rings. The largest absolute Gasteiger partial charge is 0.497 e. The van der Waals surface area contributed by atoms with Crippen LogP contribution >= 0.6 is 11.8 Å². The summed E-state index contributed by atoms with van der Waals surface area (Å²) in [5, 5.41) is 9.87. The van der Waals surface area contributed by atoms with Crippen molar-refractivity contribution in [2.45, 2.75) is 12.5 Å². The van der Waals surface area contributed by atoms with Crippen LogP contribution in [0, 0.1) is 0 Å². The number of benzene rings is 4. The molecule has 0 spiro atoms. The van der Waals surface area contributed by atoms with E-state index in [4.69, 9.17) is 9.84 Å². The van der Waals surface area contributed by atoms with Gasteiger partial charge in [-0.2, -0.15) is 5.10 Å². The zero-order valence-corrected chi connectivity index (χ0v) is 22.1. The molecule has 7 heteroatoms. The quantitative estimate of drug-likeness (QED) is 0.279. The Kier molecular flexibility index (Phi) is 6.97. The molecule has 1 saturated heterocycles. The normalized spacial score (nSPS) is 18.9. The topological polar surface area (TPSA) is 66.3 Å². The summed E-state index contributed by atoms with van der Waals surface area (Å²) in [5.74, 6) is 1.30. The molecule has 39 heavy (non-hydrogen) atoms. The van der Waals surface area contributed by atoms with Gasteiger partial charge in [-0.05, 0) is 70.9 Å². The van der Waals surface area contributed by atoms with Crippen molar-refractivity contribution in [3.8, 4) is 5.75 Å². The summed E-state index contributed by atoms with van der Waals surface area (Å²) in [6.07, 6.45) is 2.81. The lowest BCUT2D eigenvalue weighted by atomic mass is 9.98. The van der Waals surface area contributed by atoms with E-state index in [1.165, 1.54) is 5.56 Å². The summed E-state index contributed by atoms with van der Waals surface area (Å²) in [6.45, 7) is 0. The minimum absolute atomic E-state index is 0.112. The van der Waals surface area contributed by atoms with Crippen molar-refractivity contribution in [2.75, 3.05) is 12.1 Å². The standard InChI is InChI=1S/C32H26N4O2S/c1-38-27-18-14-25(15-19-27)33-31-30(39-32(37)34-31)20-22-12-16-26(17-13-22)36-29(24-10-6-3-7-11-24)21-28(35-36)23-8-4-2-5-9-23/h2-20,29H,21H2,1H3,(H,33,34,37)/b30-20-. The molecule has 192 valence electrons. The number of amides is 1. The molecule has 1 amide bonds. The maximum absolute atomic E-state index is 12.2. The first-order valence-electron chi connectivity index (χ1n) is 12.7. The molecule has 2 heterocycles. The van der Waals surface area contributed by atoms with Gasteiger partial charge in [0, 0.05) is 6.42 Å². The first-order valence-corrected chi connectivity index (χ1v) is 13.5. The number of hydrogen-bond acceptors (Lipinski definition) is 6. The second kappa shape index (κ2) is 11.0. The molecule has 1 N–H and O–H groups in total. The Balaban J connectivity index is 1.28. The van der Waals surface area contributed by atoms with Crippen LogP contribution in [0.2, 0.25) is 0 Å². The molecule has 2 aliphatic rings. The molecule has 0 aromatic heterocycles. The Bertz CT molecular complexity index is 1560. The number of methoxy groups -OCH3 is 1. The summed E-state index contributed by atoms with van der Waals surface area (Å²) in [4.78, 5) is 17.6. The second-order valence-electron chi connectivity index (χ2n) is 9.16. The van der Waals surface area contributed by atoms with Crippen molar-refractivity contribution in [2.24, 2.45) is 10.1 Å². The van der Waals surface area contributed by atoms with Crippen molar-refractivity contribution >= 4 is 46.0 Å². The Labute approximate surface area is 231 Å². The predicted octanol–water partition coefficient (Wildman–Crippen LogP) is 7.58. The number of nitrogens with zero attached hydrogens (tertiary/aromatic N) is 3.